The molecule has 0 amide bonds. The smallest absolute Gasteiger partial charge is 0.305 e. The number of methoxy groups -OCH3 is 1. The lowest BCUT2D eigenvalue weighted by molar-refractivity contribution is -0.140. The van der Waals surface area contributed by atoms with Crippen LogP contribution in [-0.2, 0) is 9.53 Å². The van der Waals surface area contributed by atoms with Gasteiger partial charge in [-0.3, -0.25) is 4.79 Å². The van der Waals surface area contributed by atoms with Crippen LogP contribution in [-0.4, -0.2) is 18.4 Å². The SMILES string of the molecule is COC(=O)CCC(C)CBr. The van der Waals surface area contributed by atoms with Crippen molar-refractivity contribution in [2.45, 2.75) is 19.8 Å². The predicted octanol–water partition coefficient (Wildman–Crippen LogP) is 1.97. The molecule has 0 aromatic heterocycles. The summed E-state index contributed by atoms with van der Waals surface area (Å²) in [6, 6.07) is 0. The van der Waals surface area contributed by atoms with Crippen molar-refractivity contribution in [3.8, 4) is 0 Å². The summed E-state index contributed by atoms with van der Waals surface area (Å²) in [6.07, 6.45) is 1.43. The number of alkyl halides is 1. The van der Waals surface area contributed by atoms with E-state index in [1.807, 2.05) is 0 Å². The second-order valence-corrected chi connectivity index (χ2v) is 3.02. The van der Waals surface area contributed by atoms with Crippen LogP contribution in [0.1, 0.15) is 19.8 Å². The fraction of sp³-hybridized carbons (Fsp3) is 0.857. The average Bonchev–Trinajstić information content (AvgIpc) is 1.99. The minimum Gasteiger partial charge on any atom is -0.469 e. The van der Waals surface area contributed by atoms with E-state index < -0.39 is 0 Å². The molecule has 0 saturated carbocycles. The van der Waals surface area contributed by atoms with Gasteiger partial charge in [0.25, 0.3) is 0 Å². The van der Waals surface area contributed by atoms with E-state index >= 15 is 0 Å². The van der Waals surface area contributed by atoms with E-state index in [9.17, 15) is 4.79 Å². The maximum Gasteiger partial charge on any atom is 0.305 e. The molecule has 0 aromatic carbocycles. The third-order valence-corrected chi connectivity index (χ3v) is 2.44. The molecule has 60 valence electrons. The van der Waals surface area contributed by atoms with Crippen LogP contribution in [0.25, 0.3) is 0 Å². The quantitative estimate of drug-likeness (QED) is 0.522. The molecule has 0 aliphatic heterocycles. The summed E-state index contributed by atoms with van der Waals surface area (Å²) in [5.41, 5.74) is 0. The maximum absolute atomic E-state index is 10.6. The molecule has 0 aliphatic carbocycles. The molecule has 0 radical (unpaired) electrons. The summed E-state index contributed by atoms with van der Waals surface area (Å²) in [4.78, 5) is 10.6. The van der Waals surface area contributed by atoms with E-state index in [2.05, 4.69) is 27.6 Å². The topological polar surface area (TPSA) is 26.3 Å². The number of carbonyl (C=O) groups is 1. The summed E-state index contributed by atoms with van der Waals surface area (Å²) < 4.78 is 4.49. The third kappa shape index (κ3) is 4.79. The van der Waals surface area contributed by atoms with Gasteiger partial charge in [-0.15, -0.1) is 0 Å². The largest absolute Gasteiger partial charge is 0.469 e. The van der Waals surface area contributed by atoms with E-state index in [-0.39, 0.29) is 5.97 Å². The van der Waals surface area contributed by atoms with E-state index in [0.717, 1.165) is 11.8 Å². The molecule has 0 rings (SSSR count). The lowest BCUT2D eigenvalue weighted by atomic mass is 10.1. The highest BCUT2D eigenvalue weighted by molar-refractivity contribution is 9.09. The molecular formula is C7H13BrO2. The van der Waals surface area contributed by atoms with Crippen LogP contribution in [0.4, 0.5) is 0 Å². The zero-order valence-corrected chi connectivity index (χ0v) is 7.98. The molecule has 0 saturated heterocycles. The molecule has 10 heavy (non-hydrogen) atoms. The molecule has 3 heteroatoms. The number of esters is 1. The van der Waals surface area contributed by atoms with Crippen molar-refractivity contribution in [2.75, 3.05) is 12.4 Å². The first-order valence-electron chi connectivity index (χ1n) is 3.33. The van der Waals surface area contributed by atoms with E-state index in [4.69, 9.17) is 0 Å². The van der Waals surface area contributed by atoms with Crippen molar-refractivity contribution in [1.82, 2.24) is 0 Å². The monoisotopic (exact) mass is 208 g/mol. The highest BCUT2D eigenvalue weighted by atomic mass is 79.9. The van der Waals surface area contributed by atoms with E-state index in [1.165, 1.54) is 7.11 Å². The number of rotatable bonds is 4. The lowest BCUT2D eigenvalue weighted by Gasteiger charge is -2.04. The van der Waals surface area contributed by atoms with Gasteiger partial charge < -0.3 is 4.74 Å². The van der Waals surface area contributed by atoms with E-state index in [0.29, 0.717) is 12.3 Å². The molecule has 1 atom stereocenters. The first-order chi connectivity index (χ1) is 4.70. The fourth-order valence-electron chi connectivity index (χ4n) is 0.543. The van der Waals surface area contributed by atoms with Crippen LogP contribution < -0.4 is 0 Å². The molecule has 0 fully saturated rings. The predicted molar refractivity (Wildman–Crippen MR) is 44.2 cm³/mol. The first kappa shape index (κ1) is 9.95. The second kappa shape index (κ2) is 5.71. The Morgan fingerprint density at radius 3 is 2.70 bits per heavy atom. The van der Waals surface area contributed by atoms with E-state index in [1.54, 1.807) is 0 Å². The zero-order chi connectivity index (χ0) is 7.98. The van der Waals surface area contributed by atoms with Crippen molar-refractivity contribution in [1.29, 1.82) is 0 Å². The molecule has 0 heterocycles. The van der Waals surface area contributed by atoms with Crippen LogP contribution >= 0.6 is 15.9 Å². The minimum absolute atomic E-state index is 0.118. The van der Waals surface area contributed by atoms with Crippen LogP contribution in [0.3, 0.4) is 0 Å². The van der Waals surface area contributed by atoms with Gasteiger partial charge in [-0.1, -0.05) is 22.9 Å². The Hall–Kier alpha value is -0.0500. The van der Waals surface area contributed by atoms with Crippen molar-refractivity contribution in [3.63, 3.8) is 0 Å². The van der Waals surface area contributed by atoms with Crippen molar-refractivity contribution in [2.24, 2.45) is 5.92 Å². The second-order valence-electron chi connectivity index (χ2n) is 2.37. The van der Waals surface area contributed by atoms with Gasteiger partial charge in [0, 0.05) is 11.8 Å². The van der Waals surface area contributed by atoms with Crippen LogP contribution in [0.5, 0.6) is 0 Å². The highest BCUT2D eigenvalue weighted by Crippen LogP contribution is 2.08. The molecule has 0 N–H and O–H groups in total. The molecule has 2 nitrogen and oxygen atoms in total. The van der Waals surface area contributed by atoms with Gasteiger partial charge >= 0.3 is 5.97 Å². The van der Waals surface area contributed by atoms with Gasteiger partial charge in [-0.25, -0.2) is 0 Å². The van der Waals surface area contributed by atoms with Gasteiger partial charge in [0.15, 0.2) is 0 Å². The van der Waals surface area contributed by atoms with Crippen LogP contribution in [0.2, 0.25) is 0 Å². The Labute approximate surface area is 70.1 Å². The van der Waals surface area contributed by atoms with Crippen molar-refractivity contribution < 1.29 is 9.53 Å². The third-order valence-electron chi connectivity index (χ3n) is 1.33. The van der Waals surface area contributed by atoms with Crippen LogP contribution in [0, 0.1) is 5.92 Å². The normalized spacial score (nSPS) is 12.7. The minimum atomic E-state index is -0.118. The lowest BCUT2D eigenvalue weighted by Crippen LogP contribution is -2.04. The summed E-state index contributed by atoms with van der Waals surface area (Å²) in [6.45, 7) is 2.09. The number of ether oxygens (including phenoxy) is 1. The molecule has 0 aliphatic rings. The molecule has 0 bridgehead atoms. The Balaban J connectivity index is 3.26. The molecule has 0 spiro atoms. The Bertz CT molecular complexity index is 104. The zero-order valence-electron chi connectivity index (χ0n) is 6.39. The van der Waals surface area contributed by atoms with Gasteiger partial charge in [-0.05, 0) is 12.3 Å². The van der Waals surface area contributed by atoms with Gasteiger partial charge in [-0.2, -0.15) is 0 Å². The first-order valence-corrected chi connectivity index (χ1v) is 4.45. The molecular weight excluding hydrogens is 196 g/mol. The standard InChI is InChI=1S/C7H13BrO2/c1-6(5-8)3-4-7(9)10-2/h6H,3-5H2,1-2H3. The number of hydrogen-bond donors (Lipinski definition) is 0. The molecule has 1 unspecified atom stereocenters. The van der Waals surface area contributed by atoms with Gasteiger partial charge in [0.2, 0.25) is 0 Å². The number of halogens is 1. The van der Waals surface area contributed by atoms with Crippen molar-refractivity contribution >= 4 is 21.9 Å². The Morgan fingerprint density at radius 1 is 1.70 bits per heavy atom. The summed E-state index contributed by atoms with van der Waals surface area (Å²) >= 11 is 3.33. The van der Waals surface area contributed by atoms with Gasteiger partial charge in [0.1, 0.15) is 0 Å². The van der Waals surface area contributed by atoms with Gasteiger partial charge in [0.05, 0.1) is 7.11 Å². The number of carbonyl (C=O) groups excluding carboxylic acids is 1. The summed E-state index contributed by atoms with van der Waals surface area (Å²) in [5.74, 6) is 0.437. The maximum atomic E-state index is 10.6. The average molecular weight is 209 g/mol. The van der Waals surface area contributed by atoms with Crippen molar-refractivity contribution in [3.05, 3.63) is 0 Å². The Morgan fingerprint density at radius 2 is 2.30 bits per heavy atom. The molecule has 0 aromatic rings. The fourth-order valence-corrected chi connectivity index (χ4v) is 0.867. The van der Waals surface area contributed by atoms with Crippen LogP contribution in [0.15, 0.2) is 0 Å². The highest BCUT2D eigenvalue weighted by Gasteiger charge is 2.04. The summed E-state index contributed by atoms with van der Waals surface area (Å²) in [7, 11) is 1.42. The number of hydrogen-bond acceptors (Lipinski definition) is 2. The Kier molecular flexibility index (Phi) is 5.69. The summed E-state index contributed by atoms with van der Waals surface area (Å²) in [5, 5.41) is 0.948.